The van der Waals surface area contributed by atoms with Gasteiger partial charge in [-0.25, -0.2) is 0 Å². The van der Waals surface area contributed by atoms with E-state index in [2.05, 4.69) is 5.32 Å². The molecule has 2 rings (SSSR count). The first kappa shape index (κ1) is 21.4. The zero-order valence-electron chi connectivity index (χ0n) is 16.3. The highest BCUT2D eigenvalue weighted by atomic mass is 16.4. The number of piperidine rings is 1. The Morgan fingerprint density at radius 1 is 1.21 bits per heavy atom. The first-order chi connectivity index (χ1) is 13.3. The van der Waals surface area contributed by atoms with Crippen LogP contribution in [-0.4, -0.2) is 72.3 Å². The van der Waals surface area contributed by atoms with Crippen molar-refractivity contribution in [3.63, 3.8) is 0 Å². The molecule has 3 amide bonds. The van der Waals surface area contributed by atoms with E-state index in [1.807, 2.05) is 6.07 Å². The smallest absolute Gasteiger partial charge is 0.306 e. The molecule has 28 heavy (non-hydrogen) atoms. The number of hydrogen-bond acceptors (Lipinski definition) is 4. The molecule has 1 aliphatic heterocycles. The number of nitrogens with one attached hydrogen (secondary N) is 1. The average molecular weight is 389 g/mol. The minimum absolute atomic E-state index is 0.0190. The Morgan fingerprint density at radius 2 is 1.89 bits per heavy atom. The monoisotopic (exact) mass is 389 g/mol. The number of carboxylic acid groups (broad SMARTS) is 1. The second kappa shape index (κ2) is 9.87. The number of rotatable bonds is 7. The van der Waals surface area contributed by atoms with Crippen LogP contribution >= 0.6 is 0 Å². The maximum absolute atomic E-state index is 12.4. The first-order valence-electron chi connectivity index (χ1n) is 9.37. The van der Waals surface area contributed by atoms with E-state index in [9.17, 15) is 19.2 Å². The van der Waals surface area contributed by atoms with Gasteiger partial charge in [0.2, 0.25) is 11.8 Å². The van der Waals surface area contributed by atoms with Crippen molar-refractivity contribution in [1.82, 2.24) is 15.1 Å². The van der Waals surface area contributed by atoms with Gasteiger partial charge in [0, 0.05) is 39.2 Å². The maximum Gasteiger partial charge on any atom is 0.306 e. The largest absolute Gasteiger partial charge is 0.481 e. The standard InChI is InChI=1S/C20H27N3O5/c1-21-19(26)16-5-3-4-14(12-16)6-7-17(24)22(2)13-18(25)23-10-8-15(9-11-23)20(27)28/h3-5,12,15H,6-11,13H2,1-2H3,(H,21,26)(H,27,28). The summed E-state index contributed by atoms with van der Waals surface area (Å²) in [5.41, 5.74) is 1.42. The van der Waals surface area contributed by atoms with Crippen LogP contribution in [0.4, 0.5) is 0 Å². The van der Waals surface area contributed by atoms with Crippen LogP contribution in [0.5, 0.6) is 0 Å². The van der Waals surface area contributed by atoms with Crippen molar-refractivity contribution in [2.24, 2.45) is 5.92 Å². The van der Waals surface area contributed by atoms with Crippen LogP contribution in [-0.2, 0) is 20.8 Å². The zero-order valence-corrected chi connectivity index (χ0v) is 16.3. The van der Waals surface area contributed by atoms with Gasteiger partial charge in [-0.3, -0.25) is 19.2 Å². The lowest BCUT2D eigenvalue weighted by molar-refractivity contribution is -0.146. The predicted molar refractivity (Wildman–Crippen MR) is 103 cm³/mol. The normalized spacial score (nSPS) is 14.4. The summed E-state index contributed by atoms with van der Waals surface area (Å²) in [5, 5.41) is 11.6. The van der Waals surface area contributed by atoms with Gasteiger partial charge >= 0.3 is 5.97 Å². The Bertz CT molecular complexity index is 741. The van der Waals surface area contributed by atoms with E-state index >= 15 is 0 Å². The molecule has 8 nitrogen and oxygen atoms in total. The lowest BCUT2D eigenvalue weighted by atomic mass is 9.97. The predicted octanol–water partition coefficient (Wildman–Crippen LogP) is 0.760. The molecule has 8 heteroatoms. The van der Waals surface area contributed by atoms with Gasteiger partial charge in [0.25, 0.3) is 5.91 Å². The molecule has 1 fully saturated rings. The maximum atomic E-state index is 12.4. The van der Waals surface area contributed by atoms with Crippen LogP contribution in [0.25, 0.3) is 0 Å². The Morgan fingerprint density at radius 3 is 2.50 bits per heavy atom. The van der Waals surface area contributed by atoms with E-state index in [0.29, 0.717) is 37.9 Å². The average Bonchev–Trinajstić information content (AvgIpc) is 2.71. The summed E-state index contributed by atoms with van der Waals surface area (Å²) in [7, 11) is 3.15. The molecule has 1 aromatic rings. The fourth-order valence-corrected chi connectivity index (χ4v) is 3.22. The molecule has 0 aliphatic carbocycles. The summed E-state index contributed by atoms with van der Waals surface area (Å²) in [6.45, 7) is 0.795. The first-order valence-corrected chi connectivity index (χ1v) is 9.37. The van der Waals surface area contributed by atoms with Crippen molar-refractivity contribution >= 4 is 23.7 Å². The SMILES string of the molecule is CNC(=O)c1cccc(CCC(=O)N(C)CC(=O)N2CCC(C(=O)O)CC2)c1. The highest BCUT2D eigenvalue weighted by Crippen LogP contribution is 2.17. The number of carbonyl (C=O) groups excluding carboxylic acids is 3. The van der Waals surface area contributed by atoms with Crippen LogP contribution < -0.4 is 5.32 Å². The number of nitrogens with zero attached hydrogens (tertiary/aromatic N) is 2. The third kappa shape index (κ3) is 5.80. The highest BCUT2D eigenvalue weighted by molar-refractivity contribution is 5.94. The van der Waals surface area contributed by atoms with E-state index in [1.54, 1.807) is 37.2 Å². The molecule has 1 heterocycles. The number of aliphatic carboxylic acids is 1. The number of benzene rings is 1. The van der Waals surface area contributed by atoms with Crippen LogP contribution in [0.1, 0.15) is 35.2 Å². The number of hydrogen-bond donors (Lipinski definition) is 2. The quantitative estimate of drug-likeness (QED) is 0.716. The Labute approximate surface area is 164 Å². The molecule has 152 valence electrons. The van der Waals surface area contributed by atoms with E-state index in [-0.39, 0.29) is 30.7 Å². The summed E-state index contributed by atoms with van der Waals surface area (Å²) >= 11 is 0. The van der Waals surface area contributed by atoms with E-state index in [4.69, 9.17) is 5.11 Å². The molecule has 0 unspecified atom stereocenters. The van der Waals surface area contributed by atoms with Crippen molar-refractivity contribution < 1.29 is 24.3 Å². The Balaban J connectivity index is 1.80. The molecule has 0 atom stereocenters. The number of carbonyl (C=O) groups is 4. The number of carboxylic acids is 1. The molecule has 0 spiro atoms. The molecule has 0 saturated carbocycles. The van der Waals surface area contributed by atoms with E-state index < -0.39 is 11.9 Å². The van der Waals surface area contributed by atoms with Crippen molar-refractivity contribution in [2.75, 3.05) is 33.7 Å². The van der Waals surface area contributed by atoms with Crippen LogP contribution in [0, 0.1) is 5.92 Å². The number of likely N-dealkylation sites (N-methyl/N-ethyl adjacent to an activating group) is 1. The molecule has 1 aliphatic rings. The second-order valence-electron chi connectivity index (χ2n) is 7.02. The van der Waals surface area contributed by atoms with E-state index in [1.165, 1.54) is 4.90 Å². The molecular formula is C20H27N3O5. The van der Waals surface area contributed by atoms with Gasteiger partial charge in [-0.1, -0.05) is 12.1 Å². The number of aryl methyl sites for hydroxylation is 1. The second-order valence-corrected chi connectivity index (χ2v) is 7.02. The van der Waals surface area contributed by atoms with Crippen LogP contribution in [0.3, 0.4) is 0 Å². The molecule has 1 saturated heterocycles. The van der Waals surface area contributed by atoms with Crippen LogP contribution in [0.2, 0.25) is 0 Å². The molecule has 0 radical (unpaired) electrons. The molecule has 2 N–H and O–H groups in total. The zero-order chi connectivity index (χ0) is 20.7. The lowest BCUT2D eigenvalue weighted by Gasteiger charge is -2.31. The lowest BCUT2D eigenvalue weighted by Crippen LogP contribution is -2.45. The van der Waals surface area contributed by atoms with Gasteiger partial charge in [-0.15, -0.1) is 0 Å². The van der Waals surface area contributed by atoms with Crippen LogP contribution in [0.15, 0.2) is 24.3 Å². The summed E-state index contributed by atoms with van der Waals surface area (Å²) < 4.78 is 0. The van der Waals surface area contributed by atoms with Gasteiger partial charge in [0.1, 0.15) is 0 Å². The van der Waals surface area contributed by atoms with Gasteiger partial charge in [0.05, 0.1) is 12.5 Å². The Kier molecular flexibility index (Phi) is 7.54. The van der Waals surface area contributed by atoms with Crippen molar-refractivity contribution in [3.05, 3.63) is 35.4 Å². The molecular weight excluding hydrogens is 362 g/mol. The number of likely N-dealkylation sites (tertiary alicyclic amines) is 1. The molecule has 1 aromatic carbocycles. The minimum Gasteiger partial charge on any atom is -0.481 e. The topological polar surface area (TPSA) is 107 Å². The third-order valence-corrected chi connectivity index (χ3v) is 5.04. The minimum atomic E-state index is -0.820. The molecule has 0 bridgehead atoms. The van der Waals surface area contributed by atoms with Crippen molar-refractivity contribution in [2.45, 2.75) is 25.7 Å². The van der Waals surface area contributed by atoms with Gasteiger partial charge in [0.15, 0.2) is 0 Å². The summed E-state index contributed by atoms with van der Waals surface area (Å²) in [5.74, 6) is -1.71. The third-order valence-electron chi connectivity index (χ3n) is 5.04. The Hall–Kier alpha value is -2.90. The summed E-state index contributed by atoms with van der Waals surface area (Å²) in [4.78, 5) is 50.4. The van der Waals surface area contributed by atoms with Gasteiger partial charge in [-0.05, 0) is 37.0 Å². The fourth-order valence-electron chi connectivity index (χ4n) is 3.22. The van der Waals surface area contributed by atoms with Crippen molar-refractivity contribution in [1.29, 1.82) is 0 Å². The van der Waals surface area contributed by atoms with E-state index in [0.717, 1.165) is 5.56 Å². The van der Waals surface area contributed by atoms with Crippen molar-refractivity contribution in [3.8, 4) is 0 Å². The number of amides is 3. The van der Waals surface area contributed by atoms with Gasteiger partial charge in [-0.2, -0.15) is 0 Å². The summed E-state index contributed by atoms with van der Waals surface area (Å²) in [6.07, 6.45) is 1.61. The fraction of sp³-hybridized carbons (Fsp3) is 0.500. The highest BCUT2D eigenvalue weighted by Gasteiger charge is 2.27. The molecule has 0 aromatic heterocycles. The summed E-state index contributed by atoms with van der Waals surface area (Å²) in [6, 6.07) is 7.10. The van der Waals surface area contributed by atoms with Gasteiger partial charge < -0.3 is 20.2 Å².